The topological polar surface area (TPSA) is 75.6 Å². The zero-order valence-corrected chi connectivity index (χ0v) is 11.9. The smallest absolute Gasteiger partial charge is 0.325 e. The third kappa shape index (κ3) is 3.51. The molecule has 1 unspecified atom stereocenters. The molecule has 0 saturated carbocycles. The number of carboxylic acid groups (broad SMARTS) is 1. The Morgan fingerprint density at radius 1 is 1.29 bits per heavy atom. The molecule has 2 aromatic rings. The molecule has 0 saturated heterocycles. The monoisotopic (exact) mass is 287 g/mol. The van der Waals surface area contributed by atoms with Crippen molar-refractivity contribution in [3.05, 3.63) is 42.0 Å². The van der Waals surface area contributed by atoms with Crippen molar-refractivity contribution in [2.75, 3.05) is 7.11 Å². The third-order valence-corrected chi connectivity index (χ3v) is 3.28. The number of carboxylic acids is 1. The normalized spacial score (nSPS) is 11.9. The van der Waals surface area contributed by atoms with E-state index in [1.54, 1.807) is 7.11 Å². The molecule has 0 radical (unpaired) electrons. The predicted molar refractivity (Wildman–Crippen MR) is 79.4 cm³/mol. The van der Waals surface area contributed by atoms with Crippen LogP contribution in [0.3, 0.4) is 0 Å². The van der Waals surface area contributed by atoms with Gasteiger partial charge in [-0.25, -0.2) is 0 Å². The number of ether oxygens (including phenoxy) is 1. The van der Waals surface area contributed by atoms with E-state index in [0.29, 0.717) is 5.75 Å². The van der Waals surface area contributed by atoms with Crippen LogP contribution in [0.1, 0.15) is 12.5 Å². The van der Waals surface area contributed by atoms with Crippen LogP contribution in [0.5, 0.6) is 5.75 Å². The second-order valence-corrected chi connectivity index (χ2v) is 4.81. The van der Waals surface area contributed by atoms with Gasteiger partial charge in [-0.1, -0.05) is 24.3 Å². The SMILES string of the molecule is COc1ccc2cccc(CC(=O)NC(C)C(=O)O)c2c1. The minimum atomic E-state index is -1.05. The molecule has 0 fully saturated rings. The number of rotatable bonds is 5. The Morgan fingerprint density at radius 2 is 2.05 bits per heavy atom. The fourth-order valence-corrected chi connectivity index (χ4v) is 2.12. The number of amides is 1. The van der Waals surface area contributed by atoms with Crippen molar-refractivity contribution < 1.29 is 19.4 Å². The lowest BCUT2D eigenvalue weighted by atomic mass is 10.0. The second kappa shape index (κ2) is 6.26. The first-order valence-electron chi connectivity index (χ1n) is 6.59. The number of benzene rings is 2. The molecule has 0 spiro atoms. The Hall–Kier alpha value is -2.56. The molecule has 5 heteroatoms. The van der Waals surface area contributed by atoms with E-state index in [1.807, 2.05) is 36.4 Å². The predicted octanol–water partition coefficient (Wildman–Crippen LogP) is 1.98. The molecule has 2 aromatic carbocycles. The molecule has 21 heavy (non-hydrogen) atoms. The minimum absolute atomic E-state index is 0.127. The van der Waals surface area contributed by atoms with Gasteiger partial charge in [0.2, 0.25) is 5.91 Å². The number of aliphatic carboxylic acids is 1. The first-order valence-corrected chi connectivity index (χ1v) is 6.59. The van der Waals surface area contributed by atoms with Crippen LogP contribution in [0.4, 0.5) is 0 Å². The van der Waals surface area contributed by atoms with Crippen LogP contribution < -0.4 is 10.1 Å². The van der Waals surface area contributed by atoms with Crippen LogP contribution in [0, 0.1) is 0 Å². The van der Waals surface area contributed by atoms with E-state index in [-0.39, 0.29) is 12.3 Å². The van der Waals surface area contributed by atoms with Crippen molar-refractivity contribution in [3.8, 4) is 5.75 Å². The third-order valence-electron chi connectivity index (χ3n) is 3.28. The van der Waals surface area contributed by atoms with E-state index in [4.69, 9.17) is 9.84 Å². The number of hydrogen-bond acceptors (Lipinski definition) is 3. The number of nitrogens with one attached hydrogen (secondary N) is 1. The van der Waals surface area contributed by atoms with Gasteiger partial charge in [-0.3, -0.25) is 9.59 Å². The van der Waals surface area contributed by atoms with E-state index in [1.165, 1.54) is 6.92 Å². The van der Waals surface area contributed by atoms with E-state index in [9.17, 15) is 9.59 Å². The number of methoxy groups -OCH3 is 1. The van der Waals surface area contributed by atoms with Gasteiger partial charge in [-0.2, -0.15) is 0 Å². The summed E-state index contributed by atoms with van der Waals surface area (Å²) >= 11 is 0. The standard InChI is InChI=1S/C16H17NO4/c1-10(16(19)20)17-15(18)8-12-5-3-4-11-6-7-13(21-2)9-14(11)12/h3-7,9-10H,8H2,1-2H3,(H,17,18)(H,19,20). The van der Waals surface area contributed by atoms with Crippen molar-refractivity contribution >= 4 is 22.6 Å². The van der Waals surface area contributed by atoms with Crippen LogP contribution >= 0.6 is 0 Å². The molecule has 1 amide bonds. The highest BCUT2D eigenvalue weighted by Gasteiger charge is 2.15. The lowest BCUT2D eigenvalue weighted by Crippen LogP contribution is -2.39. The number of fused-ring (bicyclic) bond motifs is 1. The lowest BCUT2D eigenvalue weighted by molar-refractivity contribution is -0.141. The quantitative estimate of drug-likeness (QED) is 0.881. The Bertz CT molecular complexity index is 681. The molecule has 0 aliphatic rings. The number of carbonyl (C=O) groups is 2. The highest BCUT2D eigenvalue weighted by Crippen LogP contribution is 2.24. The Balaban J connectivity index is 2.25. The fraction of sp³-hybridized carbons (Fsp3) is 0.250. The Morgan fingerprint density at radius 3 is 2.71 bits per heavy atom. The molecular formula is C16H17NO4. The Kier molecular flexibility index (Phi) is 4.42. The minimum Gasteiger partial charge on any atom is -0.497 e. The highest BCUT2D eigenvalue weighted by molar-refractivity contribution is 5.92. The maximum atomic E-state index is 11.9. The number of hydrogen-bond donors (Lipinski definition) is 2. The largest absolute Gasteiger partial charge is 0.497 e. The van der Waals surface area contributed by atoms with Crippen LogP contribution in [0.25, 0.3) is 10.8 Å². The maximum absolute atomic E-state index is 11.9. The zero-order chi connectivity index (χ0) is 15.4. The first-order chi connectivity index (χ1) is 10.0. The van der Waals surface area contributed by atoms with Gasteiger partial charge in [-0.05, 0) is 35.4 Å². The van der Waals surface area contributed by atoms with Crippen LogP contribution in [0.2, 0.25) is 0 Å². The van der Waals surface area contributed by atoms with E-state index < -0.39 is 12.0 Å². The summed E-state index contributed by atoms with van der Waals surface area (Å²) in [4.78, 5) is 22.7. The average molecular weight is 287 g/mol. The molecule has 0 aliphatic carbocycles. The molecule has 0 heterocycles. The van der Waals surface area contributed by atoms with Gasteiger partial charge in [0.05, 0.1) is 13.5 Å². The summed E-state index contributed by atoms with van der Waals surface area (Å²) in [5.41, 5.74) is 0.835. The molecule has 0 bridgehead atoms. The average Bonchev–Trinajstić information content (AvgIpc) is 2.46. The fourth-order valence-electron chi connectivity index (χ4n) is 2.12. The molecular weight excluding hydrogens is 270 g/mol. The molecule has 2 rings (SSSR count). The first kappa shape index (κ1) is 14.8. The van der Waals surface area contributed by atoms with Gasteiger partial charge in [0.25, 0.3) is 0 Å². The van der Waals surface area contributed by atoms with Gasteiger partial charge in [-0.15, -0.1) is 0 Å². The number of carbonyl (C=O) groups excluding carboxylic acids is 1. The summed E-state index contributed by atoms with van der Waals surface area (Å²) in [6.07, 6.45) is 0.127. The second-order valence-electron chi connectivity index (χ2n) is 4.81. The molecule has 0 aromatic heterocycles. The van der Waals surface area contributed by atoms with E-state index in [2.05, 4.69) is 5.32 Å². The highest BCUT2D eigenvalue weighted by atomic mass is 16.5. The van der Waals surface area contributed by atoms with Crippen LogP contribution in [-0.4, -0.2) is 30.1 Å². The summed E-state index contributed by atoms with van der Waals surface area (Å²) in [6.45, 7) is 1.44. The van der Waals surface area contributed by atoms with Crippen molar-refractivity contribution in [1.29, 1.82) is 0 Å². The van der Waals surface area contributed by atoms with Crippen molar-refractivity contribution in [2.45, 2.75) is 19.4 Å². The summed E-state index contributed by atoms with van der Waals surface area (Å²) < 4.78 is 5.20. The Labute approximate surface area is 122 Å². The summed E-state index contributed by atoms with van der Waals surface area (Å²) in [5, 5.41) is 13.2. The van der Waals surface area contributed by atoms with Gasteiger partial charge < -0.3 is 15.2 Å². The summed E-state index contributed by atoms with van der Waals surface area (Å²) in [5.74, 6) is -0.655. The summed E-state index contributed by atoms with van der Waals surface area (Å²) in [6, 6.07) is 10.4. The van der Waals surface area contributed by atoms with Gasteiger partial charge in [0.15, 0.2) is 0 Å². The zero-order valence-electron chi connectivity index (χ0n) is 11.9. The molecule has 2 N–H and O–H groups in total. The lowest BCUT2D eigenvalue weighted by Gasteiger charge is -2.11. The van der Waals surface area contributed by atoms with Gasteiger partial charge >= 0.3 is 5.97 Å². The summed E-state index contributed by atoms with van der Waals surface area (Å²) in [7, 11) is 1.59. The van der Waals surface area contributed by atoms with Gasteiger partial charge in [0.1, 0.15) is 11.8 Å². The van der Waals surface area contributed by atoms with Crippen LogP contribution in [0.15, 0.2) is 36.4 Å². The van der Waals surface area contributed by atoms with E-state index in [0.717, 1.165) is 16.3 Å². The van der Waals surface area contributed by atoms with Crippen molar-refractivity contribution in [1.82, 2.24) is 5.32 Å². The molecule has 5 nitrogen and oxygen atoms in total. The van der Waals surface area contributed by atoms with E-state index >= 15 is 0 Å². The van der Waals surface area contributed by atoms with Crippen molar-refractivity contribution in [3.63, 3.8) is 0 Å². The molecule has 110 valence electrons. The maximum Gasteiger partial charge on any atom is 0.325 e. The van der Waals surface area contributed by atoms with Crippen LogP contribution in [-0.2, 0) is 16.0 Å². The van der Waals surface area contributed by atoms with Crippen molar-refractivity contribution in [2.24, 2.45) is 0 Å². The molecule has 0 aliphatic heterocycles. The van der Waals surface area contributed by atoms with Gasteiger partial charge in [0, 0.05) is 0 Å². The molecule has 1 atom stereocenters.